The molecular formula is C16H19BN2O7. The summed E-state index contributed by atoms with van der Waals surface area (Å²) >= 11 is 0. The molecule has 0 aromatic heterocycles. The average molecular weight is 362 g/mol. The van der Waals surface area contributed by atoms with Crippen LogP contribution in [-0.4, -0.2) is 71.0 Å². The van der Waals surface area contributed by atoms with Crippen LogP contribution in [-0.2, 0) is 4.79 Å². The van der Waals surface area contributed by atoms with Crippen molar-refractivity contribution in [1.82, 2.24) is 4.90 Å². The van der Waals surface area contributed by atoms with Gasteiger partial charge in [-0.05, 0) is 24.0 Å². The SMILES string of the molecule is N[C@@H](CO)C(=O)N1CC(Oc2ccc3c(c2C(=O)O)OB(O)[C@@H]2C[C@H]32)C1. The van der Waals surface area contributed by atoms with Crippen molar-refractivity contribution in [3.63, 3.8) is 0 Å². The van der Waals surface area contributed by atoms with Crippen LogP contribution in [0.1, 0.15) is 28.3 Å². The molecule has 9 nitrogen and oxygen atoms in total. The Kier molecular flexibility index (Phi) is 4.05. The molecule has 1 aromatic rings. The highest BCUT2D eigenvalue weighted by Crippen LogP contribution is 2.60. The van der Waals surface area contributed by atoms with Gasteiger partial charge in [0.05, 0.1) is 19.7 Å². The second-order valence-corrected chi connectivity index (χ2v) is 6.95. The maximum atomic E-state index is 11.8. The van der Waals surface area contributed by atoms with Crippen LogP contribution < -0.4 is 15.1 Å². The molecule has 3 atom stereocenters. The van der Waals surface area contributed by atoms with Crippen LogP contribution in [0, 0.1) is 0 Å². The number of ether oxygens (including phenoxy) is 1. The molecule has 0 unspecified atom stereocenters. The third kappa shape index (κ3) is 2.70. The number of hydrogen-bond donors (Lipinski definition) is 4. The van der Waals surface area contributed by atoms with Crippen molar-refractivity contribution in [1.29, 1.82) is 0 Å². The van der Waals surface area contributed by atoms with Crippen LogP contribution in [0.3, 0.4) is 0 Å². The first kappa shape index (κ1) is 17.1. The summed E-state index contributed by atoms with van der Waals surface area (Å²) in [5.41, 5.74) is 6.17. The number of carbonyl (C=O) groups is 2. The van der Waals surface area contributed by atoms with Crippen molar-refractivity contribution in [2.24, 2.45) is 5.73 Å². The standard InChI is InChI=1S/C16H19BN2O7/c18-11(6-20)15(21)19-4-7(5-19)25-12-2-1-8-9-3-10(9)17(24)26-14(8)13(12)16(22)23/h1-2,7,9-11,20,24H,3-6,18H2,(H,22,23)/t9-,10-,11+/m1/s1. The number of nitrogens with two attached hydrogens (primary N) is 1. The Morgan fingerprint density at radius 1 is 1.42 bits per heavy atom. The quantitative estimate of drug-likeness (QED) is 0.490. The van der Waals surface area contributed by atoms with Crippen LogP contribution in [0.4, 0.5) is 0 Å². The summed E-state index contributed by atoms with van der Waals surface area (Å²) in [5, 5.41) is 28.5. The fourth-order valence-corrected chi connectivity index (χ4v) is 3.58. The number of nitrogens with zero attached hydrogens (tertiary/aromatic N) is 1. The lowest BCUT2D eigenvalue weighted by Crippen LogP contribution is -2.60. The van der Waals surface area contributed by atoms with E-state index in [-0.39, 0.29) is 53.9 Å². The van der Waals surface area contributed by atoms with E-state index in [1.54, 1.807) is 12.1 Å². The van der Waals surface area contributed by atoms with Crippen molar-refractivity contribution in [2.75, 3.05) is 19.7 Å². The molecule has 1 saturated heterocycles. The van der Waals surface area contributed by atoms with Gasteiger partial charge >= 0.3 is 13.1 Å². The number of amides is 1. The zero-order valence-electron chi connectivity index (χ0n) is 13.9. The Bertz CT molecular complexity index is 767. The lowest BCUT2D eigenvalue weighted by Gasteiger charge is -2.40. The van der Waals surface area contributed by atoms with Gasteiger partial charge in [0, 0.05) is 5.82 Å². The van der Waals surface area contributed by atoms with Gasteiger partial charge in [0.15, 0.2) is 0 Å². The van der Waals surface area contributed by atoms with E-state index in [9.17, 15) is 19.7 Å². The highest BCUT2D eigenvalue weighted by Gasteiger charge is 2.54. The Balaban J connectivity index is 1.51. The Morgan fingerprint density at radius 2 is 2.15 bits per heavy atom. The van der Waals surface area contributed by atoms with Gasteiger partial charge in [-0.2, -0.15) is 0 Å². The number of carboxylic acids is 1. The van der Waals surface area contributed by atoms with Crippen LogP contribution in [0.25, 0.3) is 0 Å². The predicted molar refractivity (Wildman–Crippen MR) is 89.2 cm³/mol. The molecule has 138 valence electrons. The van der Waals surface area contributed by atoms with Gasteiger partial charge < -0.3 is 35.3 Å². The Morgan fingerprint density at radius 3 is 2.81 bits per heavy atom. The number of likely N-dealkylation sites (tertiary alicyclic amines) is 1. The van der Waals surface area contributed by atoms with Crippen LogP contribution in [0.5, 0.6) is 11.5 Å². The average Bonchev–Trinajstić information content (AvgIpc) is 3.37. The zero-order valence-corrected chi connectivity index (χ0v) is 13.9. The van der Waals surface area contributed by atoms with E-state index in [0.717, 1.165) is 12.0 Å². The van der Waals surface area contributed by atoms with Crippen LogP contribution in [0.15, 0.2) is 12.1 Å². The molecule has 2 heterocycles. The van der Waals surface area contributed by atoms with Crippen molar-refractivity contribution >= 4 is 19.0 Å². The third-order valence-corrected chi connectivity index (χ3v) is 5.18. The number of carbonyl (C=O) groups excluding carboxylic acids is 1. The van der Waals surface area contributed by atoms with Crippen molar-refractivity contribution in [3.05, 3.63) is 23.3 Å². The molecular weight excluding hydrogens is 343 g/mol. The predicted octanol–water partition coefficient (Wildman–Crippen LogP) is -0.976. The van der Waals surface area contributed by atoms with E-state index in [1.807, 2.05) is 0 Å². The summed E-state index contributed by atoms with van der Waals surface area (Å²) in [6.07, 6.45) is 0.404. The van der Waals surface area contributed by atoms with Gasteiger partial charge in [0.2, 0.25) is 5.91 Å². The normalized spacial score (nSPS) is 24.7. The molecule has 0 radical (unpaired) electrons. The minimum Gasteiger partial charge on any atom is -0.535 e. The number of aromatic carboxylic acids is 1. The number of fused-ring (bicyclic) bond motifs is 3. The van der Waals surface area contributed by atoms with E-state index < -0.39 is 25.7 Å². The van der Waals surface area contributed by atoms with Crippen LogP contribution >= 0.6 is 0 Å². The zero-order chi connectivity index (χ0) is 18.6. The molecule has 1 saturated carbocycles. The topological polar surface area (TPSA) is 143 Å². The van der Waals surface area contributed by atoms with Gasteiger partial charge in [-0.25, -0.2) is 4.79 Å². The summed E-state index contributed by atoms with van der Waals surface area (Å²) in [6.45, 7) is 0.0877. The number of aliphatic hydroxyl groups excluding tert-OH is 1. The van der Waals surface area contributed by atoms with E-state index in [4.69, 9.17) is 20.2 Å². The van der Waals surface area contributed by atoms with Gasteiger partial charge in [-0.15, -0.1) is 0 Å². The van der Waals surface area contributed by atoms with Gasteiger partial charge in [-0.3, -0.25) is 4.79 Å². The molecule has 26 heavy (non-hydrogen) atoms. The van der Waals surface area contributed by atoms with Gasteiger partial charge in [0.25, 0.3) is 0 Å². The lowest BCUT2D eigenvalue weighted by molar-refractivity contribution is -0.142. The number of benzene rings is 1. The van der Waals surface area contributed by atoms with Crippen molar-refractivity contribution < 1.29 is 34.2 Å². The Labute approximate surface area is 149 Å². The molecule has 5 N–H and O–H groups in total. The molecule has 1 amide bonds. The van der Waals surface area contributed by atoms with E-state index >= 15 is 0 Å². The molecule has 4 rings (SSSR count). The maximum Gasteiger partial charge on any atom is 0.526 e. The minimum atomic E-state index is -1.20. The van der Waals surface area contributed by atoms with Gasteiger partial charge in [-0.1, -0.05) is 6.07 Å². The first-order valence-electron chi connectivity index (χ1n) is 8.47. The third-order valence-electron chi connectivity index (χ3n) is 5.18. The van der Waals surface area contributed by atoms with Crippen molar-refractivity contribution in [3.8, 4) is 11.5 Å². The summed E-state index contributed by atoms with van der Waals surface area (Å²) < 4.78 is 11.2. The molecule has 1 aromatic carbocycles. The molecule has 2 aliphatic heterocycles. The second kappa shape index (κ2) is 6.15. The summed E-state index contributed by atoms with van der Waals surface area (Å²) in [4.78, 5) is 25.0. The second-order valence-electron chi connectivity index (χ2n) is 6.95. The lowest BCUT2D eigenvalue weighted by atomic mass is 9.77. The van der Waals surface area contributed by atoms with E-state index in [2.05, 4.69) is 0 Å². The molecule has 0 spiro atoms. The summed E-state index contributed by atoms with van der Waals surface area (Å²) in [5.74, 6) is -1.11. The number of carboxylic acid groups (broad SMARTS) is 1. The monoisotopic (exact) mass is 362 g/mol. The molecule has 1 aliphatic carbocycles. The van der Waals surface area contributed by atoms with E-state index in [1.165, 1.54) is 4.90 Å². The summed E-state index contributed by atoms with van der Waals surface area (Å²) in [7, 11) is -1.00. The molecule has 10 heteroatoms. The van der Waals surface area contributed by atoms with Crippen LogP contribution in [0.2, 0.25) is 5.82 Å². The largest absolute Gasteiger partial charge is 0.535 e. The first-order valence-corrected chi connectivity index (χ1v) is 8.47. The minimum absolute atomic E-state index is 0.0258. The first-order chi connectivity index (χ1) is 12.4. The highest BCUT2D eigenvalue weighted by molar-refractivity contribution is 6.48. The molecule has 2 fully saturated rings. The molecule has 0 bridgehead atoms. The fraction of sp³-hybridized carbons (Fsp3) is 0.500. The number of aliphatic hydroxyl groups is 1. The van der Waals surface area contributed by atoms with Crippen molar-refractivity contribution in [2.45, 2.75) is 30.3 Å². The maximum absolute atomic E-state index is 11.8. The number of hydrogen-bond acceptors (Lipinski definition) is 7. The molecule has 3 aliphatic rings. The number of rotatable bonds is 5. The smallest absolute Gasteiger partial charge is 0.526 e. The van der Waals surface area contributed by atoms with Gasteiger partial charge in [0.1, 0.15) is 29.2 Å². The Hall–Kier alpha value is -2.30. The summed E-state index contributed by atoms with van der Waals surface area (Å²) in [6, 6.07) is 2.41. The fourth-order valence-electron chi connectivity index (χ4n) is 3.58. The highest BCUT2D eigenvalue weighted by atomic mass is 16.5. The van der Waals surface area contributed by atoms with E-state index in [0.29, 0.717) is 0 Å².